The van der Waals surface area contributed by atoms with Crippen LogP contribution in [0.1, 0.15) is 48.5 Å². The third-order valence-corrected chi connectivity index (χ3v) is 4.80. The quantitative estimate of drug-likeness (QED) is 0.815. The first kappa shape index (κ1) is 18.5. The summed E-state index contributed by atoms with van der Waals surface area (Å²) in [6, 6.07) is 4.94. The highest BCUT2D eigenvalue weighted by molar-refractivity contribution is 5.98. The van der Waals surface area contributed by atoms with E-state index in [1.807, 2.05) is 6.92 Å². The van der Waals surface area contributed by atoms with E-state index >= 15 is 0 Å². The van der Waals surface area contributed by atoms with Gasteiger partial charge in [-0.3, -0.25) is 0 Å². The van der Waals surface area contributed by atoms with Crippen molar-refractivity contribution in [3.63, 3.8) is 0 Å². The molecule has 1 aliphatic heterocycles. The maximum absolute atomic E-state index is 11.9. The topological polar surface area (TPSA) is 95.9 Å². The number of carboxylic acid groups (broad SMARTS) is 1. The molecule has 0 saturated carbocycles. The highest BCUT2D eigenvalue weighted by Gasteiger charge is 2.31. The van der Waals surface area contributed by atoms with Gasteiger partial charge in [-0.2, -0.15) is 0 Å². The molecule has 3 rings (SSSR count). The first-order chi connectivity index (χ1) is 12.9. The first-order valence-electron chi connectivity index (χ1n) is 8.42. The number of hydrogen-bond donors (Lipinski definition) is 1. The van der Waals surface area contributed by atoms with E-state index in [0.717, 1.165) is 11.1 Å². The maximum atomic E-state index is 11.9. The normalized spacial score (nSPS) is 12.9. The minimum Gasteiger partial charge on any atom is -0.545 e. The molecule has 140 valence electrons. The first-order valence-corrected chi connectivity index (χ1v) is 8.42. The fraction of sp³-hybridized carbons (Fsp3) is 0.238. The fourth-order valence-electron chi connectivity index (χ4n) is 3.40. The van der Waals surface area contributed by atoms with Gasteiger partial charge in [0.2, 0.25) is 0 Å². The number of carbonyl (C=O) groups excluding carboxylic acids is 2. The number of phenols is 1. The summed E-state index contributed by atoms with van der Waals surface area (Å²) in [5.74, 6) is -1.49. The Morgan fingerprint density at radius 2 is 2.11 bits per heavy atom. The highest BCUT2D eigenvalue weighted by atomic mass is 16.5. The molecule has 1 N–H and O–H groups in total. The Kier molecular flexibility index (Phi) is 4.90. The highest BCUT2D eigenvalue weighted by Crippen LogP contribution is 2.41. The number of benzene rings is 2. The second kappa shape index (κ2) is 7.15. The number of allylic oxidation sites excluding steroid dienone is 1. The SMILES string of the molecule is COc1c(C)c2c(c(O)c1C/C=C/c1c(C)cccc1C(=O)[O-])C(=O)OC2. The summed E-state index contributed by atoms with van der Waals surface area (Å²) in [4.78, 5) is 23.3. The van der Waals surface area contributed by atoms with Crippen LogP contribution in [0.3, 0.4) is 0 Å². The van der Waals surface area contributed by atoms with Crippen LogP contribution in [0, 0.1) is 13.8 Å². The number of carboxylic acids is 1. The molecule has 2 aromatic carbocycles. The lowest BCUT2D eigenvalue weighted by Crippen LogP contribution is -2.23. The van der Waals surface area contributed by atoms with Crippen LogP contribution in [0.4, 0.5) is 0 Å². The predicted octanol–water partition coefficient (Wildman–Crippen LogP) is 2.31. The molecule has 0 atom stereocenters. The van der Waals surface area contributed by atoms with E-state index in [-0.39, 0.29) is 29.9 Å². The molecule has 6 nitrogen and oxygen atoms in total. The summed E-state index contributed by atoms with van der Waals surface area (Å²) in [6.07, 6.45) is 3.63. The van der Waals surface area contributed by atoms with Gasteiger partial charge in [0, 0.05) is 16.7 Å². The van der Waals surface area contributed by atoms with Gasteiger partial charge >= 0.3 is 5.97 Å². The average molecular weight is 367 g/mol. The van der Waals surface area contributed by atoms with E-state index in [1.165, 1.54) is 13.2 Å². The van der Waals surface area contributed by atoms with Crippen molar-refractivity contribution in [2.24, 2.45) is 0 Å². The standard InChI is InChI=1S/C21H20O6/c1-11-6-4-8-14(20(23)24)13(11)7-5-9-15-18(22)17-16(10-27-21(17)25)12(2)19(15)26-3/h4-8,22H,9-10H2,1-3H3,(H,23,24)/p-1/b7-5+. The van der Waals surface area contributed by atoms with E-state index in [2.05, 4.69) is 0 Å². The number of phenolic OH excluding ortho intramolecular Hbond substituents is 1. The van der Waals surface area contributed by atoms with E-state index in [1.54, 1.807) is 31.2 Å². The van der Waals surface area contributed by atoms with Gasteiger partial charge in [0.15, 0.2) is 0 Å². The molecule has 1 aliphatic rings. The molecular weight excluding hydrogens is 348 g/mol. The van der Waals surface area contributed by atoms with Gasteiger partial charge in [0.1, 0.15) is 23.7 Å². The van der Waals surface area contributed by atoms with Gasteiger partial charge in [0.05, 0.1) is 13.1 Å². The average Bonchev–Trinajstić information content (AvgIpc) is 3.02. The Bertz CT molecular complexity index is 971. The number of hydrogen-bond acceptors (Lipinski definition) is 6. The summed E-state index contributed by atoms with van der Waals surface area (Å²) >= 11 is 0. The number of aryl methyl sites for hydroxylation is 1. The van der Waals surface area contributed by atoms with Crippen molar-refractivity contribution in [3.8, 4) is 11.5 Å². The van der Waals surface area contributed by atoms with Gasteiger partial charge in [-0.15, -0.1) is 0 Å². The number of ether oxygens (including phenoxy) is 2. The van der Waals surface area contributed by atoms with Gasteiger partial charge < -0.3 is 24.5 Å². The molecule has 27 heavy (non-hydrogen) atoms. The van der Waals surface area contributed by atoms with Crippen LogP contribution in [0.25, 0.3) is 6.08 Å². The number of methoxy groups -OCH3 is 1. The third kappa shape index (κ3) is 3.14. The maximum Gasteiger partial charge on any atom is 0.342 e. The van der Waals surface area contributed by atoms with E-state index < -0.39 is 11.9 Å². The number of aromatic carboxylic acids is 1. The van der Waals surface area contributed by atoms with Crippen molar-refractivity contribution in [1.82, 2.24) is 0 Å². The minimum absolute atomic E-state index is 0.0937. The van der Waals surface area contributed by atoms with Crippen LogP contribution in [0.5, 0.6) is 11.5 Å². The Balaban J connectivity index is 2.02. The lowest BCUT2D eigenvalue weighted by atomic mass is 9.94. The van der Waals surface area contributed by atoms with E-state index in [4.69, 9.17) is 9.47 Å². The zero-order chi connectivity index (χ0) is 19.7. The smallest absolute Gasteiger partial charge is 0.342 e. The van der Waals surface area contributed by atoms with Gasteiger partial charge in [-0.25, -0.2) is 4.79 Å². The molecule has 1 heterocycles. The fourth-order valence-corrected chi connectivity index (χ4v) is 3.40. The Hall–Kier alpha value is -3.28. The second-order valence-corrected chi connectivity index (χ2v) is 6.35. The van der Waals surface area contributed by atoms with Gasteiger partial charge in [-0.1, -0.05) is 30.4 Å². The number of cyclic esters (lactones) is 1. The van der Waals surface area contributed by atoms with Crippen molar-refractivity contribution in [2.75, 3.05) is 7.11 Å². The molecule has 0 unspecified atom stereocenters. The van der Waals surface area contributed by atoms with Crippen molar-refractivity contribution >= 4 is 18.0 Å². The van der Waals surface area contributed by atoms with Crippen LogP contribution in [-0.2, 0) is 17.8 Å². The van der Waals surface area contributed by atoms with Crippen molar-refractivity contribution < 1.29 is 29.3 Å². The Labute approximate surface area is 156 Å². The van der Waals surface area contributed by atoms with Gasteiger partial charge in [-0.05, 0) is 37.0 Å². The van der Waals surface area contributed by atoms with Crippen molar-refractivity contribution in [3.05, 3.63) is 63.2 Å². The molecule has 0 saturated heterocycles. The summed E-state index contributed by atoms with van der Waals surface area (Å²) in [5.41, 5.74) is 3.41. The summed E-state index contributed by atoms with van der Waals surface area (Å²) < 4.78 is 10.5. The van der Waals surface area contributed by atoms with Crippen LogP contribution < -0.4 is 9.84 Å². The third-order valence-electron chi connectivity index (χ3n) is 4.80. The van der Waals surface area contributed by atoms with Crippen LogP contribution >= 0.6 is 0 Å². The molecule has 0 fully saturated rings. The number of aromatic hydroxyl groups is 1. The monoisotopic (exact) mass is 367 g/mol. The lowest BCUT2D eigenvalue weighted by molar-refractivity contribution is -0.255. The van der Waals surface area contributed by atoms with E-state index in [0.29, 0.717) is 22.4 Å². The second-order valence-electron chi connectivity index (χ2n) is 6.35. The van der Waals surface area contributed by atoms with Crippen LogP contribution in [-0.4, -0.2) is 24.2 Å². The number of fused-ring (bicyclic) bond motifs is 1. The molecule has 0 spiro atoms. The molecule has 0 aromatic heterocycles. The molecular formula is C21H19O6-. The number of carbonyl (C=O) groups is 2. The molecule has 2 aromatic rings. The van der Waals surface area contributed by atoms with Crippen molar-refractivity contribution in [2.45, 2.75) is 26.9 Å². The lowest BCUT2D eigenvalue weighted by Gasteiger charge is -2.15. The van der Waals surface area contributed by atoms with E-state index in [9.17, 15) is 19.8 Å². The predicted molar refractivity (Wildman–Crippen MR) is 96.8 cm³/mol. The van der Waals surface area contributed by atoms with Crippen molar-refractivity contribution in [1.29, 1.82) is 0 Å². The van der Waals surface area contributed by atoms with Gasteiger partial charge in [0.25, 0.3) is 0 Å². The molecule has 0 radical (unpaired) electrons. The molecule has 6 heteroatoms. The Morgan fingerprint density at radius 3 is 2.78 bits per heavy atom. The number of esters is 1. The largest absolute Gasteiger partial charge is 0.545 e. The van der Waals surface area contributed by atoms with Crippen LogP contribution in [0.15, 0.2) is 24.3 Å². The zero-order valence-electron chi connectivity index (χ0n) is 15.3. The minimum atomic E-state index is -1.25. The summed E-state index contributed by atoms with van der Waals surface area (Å²) in [5, 5.41) is 21.9. The molecule has 0 amide bonds. The number of rotatable bonds is 5. The summed E-state index contributed by atoms with van der Waals surface area (Å²) in [7, 11) is 1.49. The molecule has 0 bridgehead atoms. The van der Waals surface area contributed by atoms with Crippen LogP contribution in [0.2, 0.25) is 0 Å². The Morgan fingerprint density at radius 1 is 1.37 bits per heavy atom. The summed E-state index contributed by atoms with van der Waals surface area (Å²) in [6.45, 7) is 3.72. The molecule has 0 aliphatic carbocycles. The zero-order valence-corrected chi connectivity index (χ0v) is 15.3.